The molecule has 16 heavy (non-hydrogen) atoms. The quantitative estimate of drug-likeness (QED) is 0.416. The zero-order valence-corrected chi connectivity index (χ0v) is 11.2. The van der Waals surface area contributed by atoms with Gasteiger partial charge in [-0.3, -0.25) is 4.79 Å². The molecule has 1 amide bonds. The Morgan fingerprint density at radius 3 is 2.25 bits per heavy atom. The number of amides is 1. The lowest BCUT2D eigenvalue weighted by Gasteiger charge is -2.38. The number of hydrogen-bond donors (Lipinski definition) is 1. The lowest BCUT2D eigenvalue weighted by Crippen LogP contribution is -2.50. The highest BCUT2D eigenvalue weighted by Crippen LogP contribution is 2.19. The van der Waals surface area contributed by atoms with Crippen molar-refractivity contribution in [3.63, 3.8) is 0 Å². The maximum Gasteiger partial charge on any atom is 0.248 e. The molecule has 0 spiro atoms. The molecular formula is C12H25N2O2+. The summed E-state index contributed by atoms with van der Waals surface area (Å²) < 4.78 is 0.838. The predicted octanol–water partition coefficient (Wildman–Crippen LogP) is 0.826. The van der Waals surface area contributed by atoms with Crippen molar-refractivity contribution in [2.75, 3.05) is 34.4 Å². The zero-order chi connectivity index (χ0) is 13.0. The molecule has 0 aliphatic carbocycles. The molecule has 0 rings (SSSR count). The van der Waals surface area contributed by atoms with Gasteiger partial charge in [0.25, 0.3) is 0 Å². The first-order chi connectivity index (χ1) is 7.14. The van der Waals surface area contributed by atoms with Crippen LogP contribution in [0.15, 0.2) is 12.7 Å². The number of rotatable bonds is 6. The summed E-state index contributed by atoms with van der Waals surface area (Å²) >= 11 is 0. The van der Waals surface area contributed by atoms with Crippen molar-refractivity contribution in [2.24, 2.45) is 0 Å². The summed E-state index contributed by atoms with van der Waals surface area (Å²) in [6.07, 6.45) is 2.07. The van der Waals surface area contributed by atoms with Crippen LogP contribution in [0.1, 0.15) is 20.3 Å². The van der Waals surface area contributed by atoms with Gasteiger partial charge in [-0.1, -0.05) is 6.58 Å². The van der Waals surface area contributed by atoms with Crippen molar-refractivity contribution in [2.45, 2.75) is 25.8 Å². The number of aliphatic hydroxyl groups excluding tert-OH is 1. The van der Waals surface area contributed by atoms with Crippen molar-refractivity contribution in [1.82, 2.24) is 4.90 Å². The Bertz CT molecular complexity index is 254. The van der Waals surface area contributed by atoms with Gasteiger partial charge in [-0.2, -0.15) is 0 Å². The lowest BCUT2D eigenvalue weighted by atomic mass is 9.97. The number of carbonyl (C=O) groups excluding carboxylic acids is 1. The summed E-state index contributed by atoms with van der Waals surface area (Å²) in [5.74, 6) is -0.228. The van der Waals surface area contributed by atoms with Crippen LogP contribution in [0.2, 0.25) is 0 Å². The van der Waals surface area contributed by atoms with Gasteiger partial charge in [-0.15, -0.1) is 0 Å². The summed E-state index contributed by atoms with van der Waals surface area (Å²) in [6, 6.07) is 0. The molecule has 0 saturated heterocycles. The smallest absolute Gasteiger partial charge is 0.248 e. The number of nitrogens with zero attached hydrogens (tertiary/aromatic N) is 2. The molecule has 0 aliphatic heterocycles. The van der Waals surface area contributed by atoms with E-state index in [-0.39, 0.29) is 18.2 Å². The molecule has 0 aromatic heterocycles. The van der Waals surface area contributed by atoms with E-state index in [1.807, 2.05) is 13.8 Å². The minimum Gasteiger partial charge on any atom is -0.376 e. The SMILES string of the molecule is C=CC(=O)N(CO)C(C)(C)CC[N+](C)(C)C. The summed E-state index contributed by atoms with van der Waals surface area (Å²) in [5.41, 5.74) is -0.356. The highest BCUT2D eigenvalue weighted by Gasteiger charge is 2.30. The van der Waals surface area contributed by atoms with Gasteiger partial charge in [-0.05, 0) is 19.9 Å². The third-order valence-electron chi connectivity index (χ3n) is 2.71. The van der Waals surface area contributed by atoms with Crippen LogP contribution in [0.25, 0.3) is 0 Å². The van der Waals surface area contributed by atoms with Gasteiger partial charge in [0.2, 0.25) is 5.91 Å². The molecule has 94 valence electrons. The summed E-state index contributed by atoms with van der Waals surface area (Å²) in [7, 11) is 6.32. The molecule has 4 heteroatoms. The third kappa shape index (κ3) is 4.77. The molecule has 0 aromatic carbocycles. The monoisotopic (exact) mass is 229 g/mol. The second-order valence-electron chi connectivity index (χ2n) is 5.69. The minimum atomic E-state index is -0.356. The first-order valence-corrected chi connectivity index (χ1v) is 5.49. The Morgan fingerprint density at radius 1 is 1.44 bits per heavy atom. The second-order valence-corrected chi connectivity index (χ2v) is 5.69. The van der Waals surface area contributed by atoms with Gasteiger partial charge in [0.1, 0.15) is 6.73 Å². The van der Waals surface area contributed by atoms with Crippen LogP contribution in [0.4, 0.5) is 0 Å². The fourth-order valence-corrected chi connectivity index (χ4v) is 1.41. The molecule has 1 N–H and O–H groups in total. The van der Waals surface area contributed by atoms with Crippen LogP contribution in [0.5, 0.6) is 0 Å². The van der Waals surface area contributed by atoms with Crippen LogP contribution in [0, 0.1) is 0 Å². The van der Waals surface area contributed by atoms with E-state index in [1.54, 1.807) is 0 Å². The number of carbonyl (C=O) groups is 1. The first kappa shape index (κ1) is 15.1. The van der Waals surface area contributed by atoms with Gasteiger partial charge in [-0.25, -0.2) is 0 Å². The maximum atomic E-state index is 11.6. The fraction of sp³-hybridized carbons (Fsp3) is 0.750. The maximum absolute atomic E-state index is 11.6. The van der Waals surface area contributed by atoms with Gasteiger partial charge < -0.3 is 14.5 Å². The van der Waals surface area contributed by atoms with Crippen LogP contribution >= 0.6 is 0 Å². The lowest BCUT2D eigenvalue weighted by molar-refractivity contribution is -0.871. The molecule has 0 radical (unpaired) electrons. The van der Waals surface area contributed by atoms with Crippen molar-refractivity contribution in [1.29, 1.82) is 0 Å². The Hall–Kier alpha value is -0.870. The first-order valence-electron chi connectivity index (χ1n) is 5.49. The van der Waals surface area contributed by atoms with E-state index in [1.165, 1.54) is 11.0 Å². The number of hydrogen-bond acceptors (Lipinski definition) is 2. The molecule has 0 atom stereocenters. The van der Waals surface area contributed by atoms with Crippen LogP contribution in [-0.4, -0.2) is 60.4 Å². The van der Waals surface area contributed by atoms with E-state index in [9.17, 15) is 9.90 Å². The van der Waals surface area contributed by atoms with Crippen LogP contribution in [0.3, 0.4) is 0 Å². The highest BCUT2D eigenvalue weighted by molar-refractivity contribution is 5.87. The Kier molecular flexibility index (Phi) is 5.16. The van der Waals surface area contributed by atoms with E-state index in [0.717, 1.165) is 17.4 Å². The standard InChI is InChI=1S/C12H25N2O2/c1-7-11(16)13(10-15)12(2,3)8-9-14(4,5)6/h7,15H,1,8-10H2,2-6H3/q+1. The minimum absolute atomic E-state index is 0.228. The highest BCUT2D eigenvalue weighted by atomic mass is 16.3. The van der Waals surface area contributed by atoms with Crippen molar-refractivity contribution < 1.29 is 14.4 Å². The van der Waals surface area contributed by atoms with Gasteiger partial charge in [0.15, 0.2) is 0 Å². The van der Waals surface area contributed by atoms with Crippen molar-refractivity contribution in [3.05, 3.63) is 12.7 Å². The van der Waals surface area contributed by atoms with E-state index >= 15 is 0 Å². The molecule has 0 fully saturated rings. The molecule has 0 bridgehead atoms. The Morgan fingerprint density at radius 2 is 1.94 bits per heavy atom. The molecular weight excluding hydrogens is 204 g/mol. The normalized spacial score (nSPS) is 12.4. The molecule has 0 aliphatic rings. The molecule has 0 aromatic rings. The Balaban J connectivity index is 4.61. The largest absolute Gasteiger partial charge is 0.376 e. The van der Waals surface area contributed by atoms with E-state index in [2.05, 4.69) is 27.7 Å². The van der Waals surface area contributed by atoms with E-state index in [4.69, 9.17) is 0 Å². The van der Waals surface area contributed by atoms with Crippen molar-refractivity contribution >= 4 is 5.91 Å². The summed E-state index contributed by atoms with van der Waals surface area (Å²) in [5, 5.41) is 9.24. The van der Waals surface area contributed by atoms with Crippen LogP contribution in [-0.2, 0) is 4.79 Å². The topological polar surface area (TPSA) is 40.5 Å². The zero-order valence-electron chi connectivity index (χ0n) is 11.2. The fourth-order valence-electron chi connectivity index (χ4n) is 1.41. The number of aliphatic hydroxyl groups is 1. The predicted molar refractivity (Wildman–Crippen MR) is 65.7 cm³/mol. The molecule has 0 heterocycles. The number of quaternary nitrogens is 1. The molecule has 4 nitrogen and oxygen atoms in total. The summed E-state index contributed by atoms with van der Waals surface area (Å²) in [4.78, 5) is 13.0. The molecule has 0 saturated carbocycles. The van der Waals surface area contributed by atoms with Crippen molar-refractivity contribution in [3.8, 4) is 0 Å². The summed E-state index contributed by atoms with van der Waals surface area (Å²) in [6.45, 7) is 8.03. The van der Waals surface area contributed by atoms with Gasteiger partial charge in [0.05, 0.1) is 27.7 Å². The van der Waals surface area contributed by atoms with Crippen LogP contribution < -0.4 is 0 Å². The van der Waals surface area contributed by atoms with Gasteiger partial charge in [0, 0.05) is 12.0 Å². The van der Waals surface area contributed by atoms with Gasteiger partial charge >= 0.3 is 0 Å². The molecule has 0 unspecified atom stereocenters. The Labute approximate surface area is 98.7 Å². The third-order valence-corrected chi connectivity index (χ3v) is 2.71. The average Bonchev–Trinajstić information content (AvgIpc) is 2.14. The second kappa shape index (κ2) is 5.46. The van der Waals surface area contributed by atoms with E-state index in [0.29, 0.717) is 0 Å². The average molecular weight is 229 g/mol. The van der Waals surface area contributed by atoms with E-state index < -0.39 is 0 Å².